The van der Waals surface area contributed by atoms with Crippen LogP contribution in [0.25, 0.3) is 10.8 Å². The van der Waals surface area contributed by atoms with E-state index >= 15 is 0 Å². The predicted molar refractivity (Wildman–Crippen MR) is 142 cm³/mol. The number of fused-ring (bicyclic) bond motifs is 3. The predicted octanol–water partition coefficient (Wildman–Crippen LogP) is 4.30. The normalized spacial score (nSPS) is 26.1. The van der Waals surface area contributed by atoms with Crippen LogP contribution in [-0.2, 0) is 20.7 Å². The molecule has 2 aliphatic heterocycles. The number of hydrogen-bond donors (Lipinski definition) is 2. The van der Waals surface area contributed by atoms with Gasteiger partial charge in [0.1, 0.15) is 22.2 Å². The largest absolute Gasteiger partial charge is 0.480 e. The number of aliphatic carboxylic acids is 1. The molecule has 0 radical (unpaired) electrons. The molecule has 2 amide bonds. The highest BCUT2D eigenvalue weighted by molar-refractivity contribution is 14.1. The number of alkyl carbamates (subject to hydrolysis) is 1. The van der Waals surface area contributed by atoms with Crippen molar-refractivity contribution in [2.24, 2.45) is 5.41 Å². The minimum Gasteiger partial charge on any atom is -0.480 e. The third-order valence-corrected chi connectivity index (χ3v) is 8.08. The molecule has 2 aliphatic rings. The highest BCUT2D eigenvalue weighted by Crippen LogP contribution is 2.36. The Morgan fingerprint density at radius 2 is 1.97 bits per heavy atom. The number of aromatic nitrogens is 1. The Morgan fingerprint density at radius 1 is 1.19 bits per heavy atom. The topological polar surface area (TPSA) is 118 Å². The molecule has 1 unspecified atom stereocenters. The number of carboxylic acids is 1. The van der Waals surface area contributed by atoms with Crippen molar-refractivity contribution in [2.45, 2.75) is 75.1 Å². The SMILES string of the molecule is CC(C)(C)[C@@H]1NC(=O)OCCCCCc2ccc3ccnc(c3c2)O[C@@H]2C[C@@H](C(=O)O)N(C1=O)C2I. The molecule has 1 aromatic heterocycles. The van der Waals surface area contributed by atoms with Crippen molar-refractivity contribution >= 4 is 51.3 Å². The van der Waals surface area contributed by atoms with Crippen LogP contribution in [0.1, 0.15) is 52.0 Å². The first kappa shape index (κ1) is 26.4. The Kier molecular flexibility index (Phi) is 7.91. The number of nitrogens with zero attached hydrogens (tertiary/aromatic N) is 2. The zero-order valence-electron chi connectivity index (χ0n) is 20.7. The van der Waals surface area contributed by atoms with E-state index in [-0.39, 0.29) is 13.0 Å². The smallest absolute Gasteiger partial charge is 0.407 e. The van der Waals surface area contributed by atoms with Gasteiger partial charge in [-0.2, -0.15) is 0 Å². The van der Waals surface area contributed by atoms with Gasteiger partial charge >= 0.3 is 12.1 Å². The molecule has 4 bridgehead atoms. The second kappa shape index (κ2) is 10.8. The maximum absolute atomic E-state index is 13.8. The standard InChI is InChI=1S/C26H32IN3O6/c1-26(2,3)20-23(31)30-18(24(32)33)14-19(21(30)27)36-22-17-13-15(8-9-16(17)10-11-28-22)7-5-4-6-12-35-25(34)29-20/h8-11,13,18-21H,4-7,12,14H2,1-3H3,(H,29,34)(H,32,33)/t18-,19+,20+,21?/m0/s1. The van der Waals surface area contributed by atoms with E-state index in [1.807, 2.05) is 32.9 Å². The number of ether oxygens (including phenoxy) is 2. The van der Waals surface area contributed by atoms with Crippen LogP contribution in [0.5, 0.6) is 5.88 Å². The summed E-state index contributed by atoms with van der Waals surface area (Å²) in [7, 11) is 0. The van der Waals surface area contributed by atoms with Gasteiger partial charge in [-0.05, 0) is 54.2 Å². The van der Waals surface area contributed by atoms with Crippen LogP contribution in [0, 0.1) is 5.41 Å². The number of alkyl halides is 1. The van der Waals surface area contributed by atoms with E-state index < -0.39 is 45.6 Å². The lowest BCUT2D eigenvalue weighted by Crippen LogP contribution is -2.58. The van der Waals surface area contributed by atoms with Crippen LogP contribution in [0.4, 0.5) is 4.79 Å². The molecule has 0 saturated carbocycles. The summed E-state index contributed by atoms with van der Waals surface area (Å²) < 4.78 is 11.1. The molecule has 1 fully saturated rings. The van der Waals surface area contributed by atoms with Crippen LogP contribution in [0.15, 0.2) is 30.5 Å². The number of halogens is 1. The van der Waals surface area contributed by atoms with Crippen LogP contribution in [0.2, 0.25) is 0 Å². The number of carbonyl (C=O) groups excluding carboxylic acids is 2. The van der Waals surface area contributed by atoms with E-state index in [1.54, 1.807) is 6.20 Å². The van der Waals surface area contributed by atoms with Gasteiger partial charge in [0.15, 0.2) is 0 Å². The van der Waals surface area contributed by atoms with E-state index in [0.717, 1.165) is 35.6 Å². The third-order valence-electron chi connectivity index (χ3n) is 6.68. The maximum atomic E-state index is 13.8. The number of hydrogen-bond acceptors (Lipinski definition) is 6. The van der Waals surface area contributed by atoms with Gasteiger partial charge in [-0.15, -0.1) is 0 Å². The third kappa shape index (κ3) is 5.68. The number of amides is 2. The van der Waals surface area contributed by atoms with Crippen molar-refractivity contribution in [2.75, 3.05) is 6.61 Å². The Labute approximate surface area is 224 Å². The Morgan fingerprint density at radius 3 is 2.69 bits per heavy atom. The maximum Gasteiger partial charge on any atom is 0.407 e. The van der Waals surface area contributed by atoms with Crippen molar-refractivity contribution in [3.63, 3.8) is 0 Å². The summed E-state index contributed by atoms with van der Waals surface area (Å²) in [5, 5.41) is 14.5. The summed E-state index contributed by atoms with van der Waals surface area (Å²) in [6, 6.07) is 6.02. The first-order valence-electron chi connectivity index (χ1n) is 12.2. The molecule has 2 aromatic rings. The summed E-state index contributed by atoms with van der Waals surface area (Å²) >= 11 is 2.06. The first-order valence-corrected chi connectivity index (χ1v) is 13.5. The number of nitrogens with one attached hydrogen (secondary N) is 1. The molecule has 4 atom stereocenters. The van der Waals surface area contributed by atoms with Crippen molar-refractivity contribution in [3.05, 3.63) is 36.0 Å². The van der Waals surface area contributed by atoms with Gasteiger partial charge in [0.05, 0.1) is 6.61 Å². The number of pyridine rings is 1. The quantitative estimate of drug-likeness (QED) is 0.281. The van der Waals surface area contributed by atoms with Crippen molar-refractivity contribution < 1.29 is 29.0 Å². The number of carboxylic acid groups (broad SMARTS) is 1. The van der Waals surface area contributed by atoms with E-state index in [9.17, 15) is 19.5 Å². The fourth-order valence-electron chi connectivity index (χ4n) is 4.71. The number of benzene rings is 1. The lowest BCUT2D eigenvalue weighted by atomic mass is 9.85. The minimum absolute atomic E-state index is 0.105. The molecule has 10 heteroatoms. The lowest BCUT2D eigenvalue weighted by molar-refractivity contribution is -0.150. The zero-order valence-corrected chi connectivity index (χ0v) is 22.9. The summed E-state index contributed by atoms with van der Waals surface area (Å²) in [6.07, 6.45) is 3.89. The molecular weight excluding hydrogens is 577 g/mol. The van der Waals surface area contributed by atoms with E-state index in [0.29, 0.717) is 12.3 Å². The molecule has 1 saturated heterocycles. The second-order valence-corrected chi connectivity index (χ2v) is 11.7. The van der Waals surface area contributed by atoms with Crippen LogP contribution in [0.3, 0.4) is 0 Å². The molecule has 4 rings (SSSR count). The average molecular weight is 609 g/mol. The molecule has 0 spiro atoms. The summed E-state index contributed by atoms with van der Waals surface area (Å²) in [5.41, 5.74) is 0.467. The Balaban J connectivity index is 1.73. The highest BCUT2D eigenvalue weighted by Gasteiger charge is 2.51. The van der Waals surface area contributed by atoms with Crippen molar-refractivity contribution in [1.82, 2.24) is 15.2 Å². The number of carbonyl (C=O) groups is 3. The summed E-state index contributed by atoms with van der Waals surface area (Å²) in [6.45, 7) is 5.71. The summed E-state index contributed by atoms with van der Waals surface area (Å²) in [5.74, 6) is -1.17. The van der Waals surface area contributed by atoms with Gasteiger partial charge in [0.25, 0.3) is 0 Å². The van der Waals surface area contributed by atoms with Gasteiger partial charge in [0, 0.05) is 18.0 Å². The van der Waals surface area contributed by atoms with Gasteiger partial charge in [0.2, 0.25) is 11.8 Å². The zero-order chi connectivity index (χ0) is 26.0. The van der Waals surface area contributed by atoms with Crippen LogP contribution < -0.4 is 10.1 Å². The molecule has 1 aromatic carbocycles. The van der Waals surface area contributed by atoms with Crippen LogP contribution >= 0.6 is 22.6 Å². The monoisotopic (exact) mass is 609 g/mol. The Hall–Kier alpha value is -2.63. The average Bonchev–Trinajstić information content (AvgIpc) is 3.14. The summed E-state index contributed by atoms with van der Waals surface area (Å²) in [4.78, 5) is 44.3. The van der Waals surface area contributed by atoms with E-state index in [1.165, 1.54) is 4.90 Å². The highest BCUT2D eigenvalue weighted by atomic mass is 127. The fourth-order valence-corrected chi connectivity index (χ4v) is 5.81. The Bertz CT molecular complexity index is 1150. The molecule has 9 nitrogen and oxygen atoms in total. The second-order valence-electron chi connectivity index (χ2n) is 10.4. The van der Waals surface area contributed by atoms with Gasteiger partial charge in [-0.25, -0.2) is 14.6 Å². The molecule has 0 aliphatic carbocycles. The molecule has 194 valence electrons. The van der Waals surface area contributed by atoms with Crippen molar-refractivity contribution in [3.8, 4) is 5.88 Å². The lowest BCUT2D eigenvalue weighted by Gasteiger charge is -2.36. The van der Waals surface area contributed by atoms with E-state index in [4.69, 9.17) is 9.47 Å². The molecule has 3 heterocycles. The first-order chi connectivity index (χ1) is 17.1. The molecular formula is C26H32IN3O6. The minimum atomic E-state index is -1.12. The molecule has 36 heavy (non-hydrogen) atoms. The van der Waals surface area contributed by atoms with Gasteiger partial charge < -0.3 is 24.8 Å². The van der Waals surface area contributed by atoms with Gasteiger partial charge in [-0.3, -0.25) is 4.79 Å². The number of rotatable bonds is 1. The van der Waals surface area contributed by atoms with Gasteiger partial charge in [-0.1, -0.05) is 55.5 Å². The number of cyclic esters (lactones) is 1. The molecule has 2 N–H and O–H groups in total. The fraction of sp³-hybridized carbons (Fsp3) is 0.538. The van der Waals surface area contributed by atoms with E-state index in [2.05, 4.69) is 45.0 Å². The van der Waals surface area contributed by atoms with Crippen LogP contribution in [-0.4, -0.2) is 61.8 Å². The van der Waals surface area contributed by atoms with Crippen molar-refractivity contribution in [1.29, 1.82) is 0 Å². The number of aryl methyl sites for hydroxylation is 1.